The van der Waals surface area contributed by atoms with Crippen molar-refractivity contribution < 1.29 is 14.3 Å². The maximum atomic E-state index is 12.3. The van der Waals surface area contributed by atoms with Crippen molar-refractivity contribution in [2.75, 3.05) is 39.3 Å². The summed E-state index contributed by atoms with van der Waals surface area (Å²) in [6.07, 6.45) is -0.256. The summed E-state index contributed by atoms with van der Waals surface area (Å²) in [7, 11) is 0. The van der Waals surface area contributed by atoms with E-state index >= 15 is 0 Å². The molecule has 0 radical (unpaired) electrons. The third-order valence-electron chi connectivity index (χ3n) is 4.25. The zero-order valence-corrected chi connectivity index (χ0v) is 18.6. The molecular weight excluding hydrogens is 398 g/mol. The number of hydrogen-bond donors (Lipinski definition) is 1. The number of hydrogen-bond acceptors (Lipinski definition) is 5. The Hall–Kier alpha value is -1.44. The smallest absolute Gasteiger partial charge is 0.410 e. The molecule has 28 heavy (non-hydrogen) atoms. The number of ether oxygens (including phenoxy) is 1. The molecule has 0 bridgehead atoms. The first kappa shape index (κ1) is 22.8. The lowest BCUT2D eigenvalue weighted by Crippen LogP contribution is -2.51. The maximum absolute atomic E-state index is 12.3. The minimum atomic E-state index is -0.473. The van der Waals surface area contributed by atoms with E-state index in [9.17, 15) is 9.59 Å². The van der Waals surface area contributed by atoms with Gasteiger partial charge >= 0.3 is 6.09 Å². The van der Waals surface area contributed by atoms with E-state index in [0.717, 1.165) is 24.5 Å². The summed E-state index contributed by atoms with van der Waals surface area (Å²) in [5, 5.41) is 3.51. The molecule has 1 fully saturated rings. The number of amides is 2. The molecule has 1 N–H and O–H groups in total. The Balaban J connectivity index is 1.65. The zero-order chi connectivity index (χ0) is 20.7. The van der Waals surface area contributed by atoms with Gasteiger partial charge in [-0.3, -0.25) is 9.69 Å². The van der Waals surface area contributed by atoms with E-state index in [1.54, 1.807) is 4.90 Å². The van der Waals surface area contributed by atoms with Crippen molar-refractivity contribution in [3.05, 3.63) is 29.3 Å². The molecule has 0 saturated carbocycles. The number of rotatable bonds is 6. The first-order valence-electron chi connectivity index (χ1n) is 9.54. The van der Waals surface area contributed by atoms with Crippen molar-refractivity contribution in [3.63, 3.8) is 0 Å². The van der Waals surface area contributed by atoms with Crippen molar-refractivity contribution in [1.82, 2.24) is 15.1 Å². The number of carbonyl (C=O) groups excluding carboxylic acids is 2. The van der Waals surface area contributed by atoms with Gasteiger partial charge in [-0.05, 0) is 52.0 Å². The zero-order valence-electron chi connectivity index (χ0n) is 17.0. The van der Waals surface area contributed by atoms with Crippen LogP contribution in [0.25, 0.3) is 0 Å². The number of nitrogens with one attached hydrogen (secondary N) is 1. The molecule has 1 atom stereocenters. The summed E-state index contributed by atoms with van der Waals surface area (Å²) >= 11 is 7.40. The van der Waals surface area contributed by atoms with E-state index in [4.69, 9.17) is 16.3 Å². The molecule has 1 aromatic carbocycles. The Morgan fingerprint density at radius 2 is 1.79 bits per heavy atom. The van der Waals surface area contributed by atoms with Gasteiger partial charge < -0.3 is 15.0 Å². The Labute approximate surface area is 176 Å². The van der Waals surface area contributed by atoms with E-state index in [1.165, 1.54) is 11.8 Å². The highest BCUT2D eigenvalue weighted by Crippen LogP contribution is 2.24. The van der Waals surface area contributed by atoms with Crippen molar-refractivity contribution >= 4 is 35.4 Å². The van der Waals surface area contributed by atoms with Gasteiger partial charge in [0.2, 0.25) is 5.91 Å². The minimum Gasteiger partial charge on any atom is -0.444 e. The summed E-state index contributed by atoms with van der Waals surface area (Å²) in [5.74, 6) is 0.0207. The summed E-state index contributed by atoms with van der Waals surface area (Å²) < 4.78 is 5.41. The summed E-state index contributed by atoms with van der Waals surface area (Å²) in [4.78, 5) is 29.4. The molecule has 1 heterocycles. The van der Waals surface area contributed by atoms with Gasteiger partial charge in [0.15, 0.2) is 0 Å². The van der Waals surface area contributed by atoms with Gasteiger partial charge in [0, 0.05) is 49.2 Å². The number of halogens is 1. The average molecular weight is 428 g/mol. The van der Waals surface area contributed by atoms with Crippen molar-refractivity contribution in [2.45, 2.75) is 43.4 Å². The molecule has 1 aromatic rings. The van der Waals surface area contributed by atoms with Gasteiger partial charge in [0.25, 0.3) is 0 Å². The third-order valence-corrected chi connectivity index (χ3v) is 5.61. The van der Waals surface area contributed by atoms with Crippen LogP contribution in [0.5, 0.6) is 0 Å². The molecule has 1 aliphatic heterocycles. The average Bonchev–Trinajstić information content (AvgIpc) is 2.62. The molecule has 1 saturated heterocycles. The summed E-state index contributed by atoms with van der Waals surface area (Å²) in [6, 6.07) is 7.48. The SMILES string of the molecule is CC(Sc1ccc(Cl)cc1)C(=O)NCCN1CCN(C(=O)OC(C)(C)C)CC1. The van der Waals surface area contributed by atoms with Crippen LogP contribution in [0.3, 0.4) is 0 Å². The number of thioether (sulfide) groups is 1. The molecule has 2 rings (SSSR count). The van der Waals surface area contributed by atoms with Gasteiger partial charge in [0.1, 0.15) is 5.60 Å². The molecule has 0 aliphatic carbocycles. The van der Waals surface area contributed by atoms with Gasteiger partial charge in [-0.15, -0.1) is 11.8 Å². The summed E-state index contributed by atoms with van der Waals surface area (Å²) in [6.45, 7) is 11.7. The molecule has 6 nitrogen and oxygen atoms in total. The summed E-state index contributed by atoms with van der Waals surface area (Å²) in [5.41, 5.74) is -0.473. The lowest BCUT2D eigenvalue weighted by molar-refractivity contribution is -0.120. The monoisotopic (exact) mass is 427 g/mol. The van der Waals surface area contributed by atoms with Crippen molar-refractivity contribution in [3.8, 4) is 0 Å². The third kappa shape index (κ3) is 7.89. The van der Waals surface area contributed by atoms with Gasteiger partial charge in [-0.25, -0.2) is 4.79 Å². The van der Waals surface area contributed by atoms with Crippen molar-refractivity contribution in [1.29, 1.82) is 0 Å². The Bertz CT molecular complexity index is 656. The molecule has 1 unspecified atom stereocenters. The molecule has 1 aliphatic rings. The number of piperazine rings is 1. The first-order chi connectivity index (χ1) is 13.1. The Kier molecular flexibility index (Phi) is 8.46. The maximum Gasteiger partial charge on any atom is 0.410 e. The highest BCUT2D eigenvalue weighted by Gasteiger charge is 2.25. The first-order valence-corrected chi connectivity index (χ1v) is 10.8. The van der Waals surface area contributed by atoms with Crippen LogP contribution in [-0.4, -0.2) is 71.9 Å². The van der Waals surface area contributed by atoms with Crippen LogP contribution in [0.4, 0.5) is 4.79 Å². The Morgan fingerprint density at radius 1 is 1.18 bits per heavy atom. The Morgan fingerprint density at radius 3 is 2.36 bits per heavy atom. The number of nitrogens with zero attached hydrogens (tertiary/aromatic N) is 2. The number of carbonyl (C=O) groups is 2. The molecule has 156 valence electrons. The quantitative estimate of drug-likeness (QED) is 0.704. The lowest BCUT2D eigenvalue weighted by Gasteiger charge is -2.35. The fourth-order valence-corrected chi connectivity index (χ4v) is 3.75. The largest absolute Gasteiger partial charge is 0.444 e. The van der Waals surface area contributed by atoms with E-state index in [2.05, 4.69) is 10.2 Å². The second kappa shape index (κ2) is 10.4. The van der Waals surface area contributed by atoms with Crippen LogP contribution in [0.1, 0.15) is 27.7 Å². The van der Waals surface area contributed by atoms with Crippen LogP contribution < -0.4 is 5.32 Å². The van der Waals surface area contributed by atoms with E-state index in [0.29, 0.717) is 24.7 Å². The second-order valence-electron chi connectivity index (χ2n) is 7.81. The topological polar surface area (TPSA) is 61.9 Å². The highest BCUT2D eigenvalue weighted by molar-refractivity contribution is 8.00. The fraction of sp³-hybridized carbons (Fsp3) is 0.600. The molecular formula is C20H30ClN3O3S. The predicted molar refractivity (Wildman–Crippen MR) is 114 cm³/mol. The molecule has 0 spiro atoms. The van der Waals surface area contributed by atoms with Crippen LogP contribution in [0.2, 0.25) is 5.02 Å². The van der Waals surface area contributed by atoms with Crippen LogP contribution >= 0.6 is 23.4 Å². The fourth-order valence-electron chi connectivity index (χ4n) is 2.73. The minimum absolute atomic E-state index is 0.0207. The van der Waals surface area contributed by atoms with Crippen LogP contribution in [0.15, 0.2) is 29.2 Å². The van der Waals surface area contributed by atoms with Gasteiger partial charge in [-0.2, -0.15) is 0 Å². The van der Waals surface area contributed by atoms with E-state index in [-0.39, 0.29) is 17.3 Å². The van der Waals surface area contributed by atoms with Crippen LogP contribution in [0, 0.1) is 0 Å². The lowest BCUT2D eigenvalue weighted by atomic mass is 10.2. The van der Waals surface area contributed by atoms with Gasteiger partial charge in [-0.1, -0.05) is 11.6 Å². The molecule has 8 heteroatoms. The standard InChI is InChI=1S/C20H30ClN3O3S/c1-15(28-17-7-5-16(21)6-8-17)18(25)22-9-10-23-11-13-24(14-12-23)19(26)27-20(2,3)4/h5-8,15H,9-14H2,1-4H3,(H,22,25). The molecule has 0 aromatic heterocycles. The predicted octanol–water partition coefficient (Wildman–Crippen LogP) is 3.49. The normalized spacial score (nSPS) is 16.5. The van der Waals surface area contributed by atoms with E-state index < -0.39 is 5.60 Å². The van der Waals surface area contributed by atoms with E-state index in [1.807, 2.05) is 52.0 Å². The molecule has 2 amide bonds. The van der Waals surface area contributed by atoms with Crippen molar-refractivity contribution in [2.24, 2.45) is 0 Å². The number of benzene rings is 1. The van der Waals surface area contributed by atoms with Crippen LogP contribution in [-0.2, 0) is 9.53 Å². The highest BCUT2D eigenvalue weighted by atomic mass is 35.5. The van der Waals surface area contributed by atoms with Gasteiger partial charge in [0.05, 0.1) is 5.25 Å². The second-order valence-corrected chi connectivity index (χ2v) is 9.66.